The maximum absolute atomic E-state index is 5.58. The minimum absolute atomic E-state index is 0.365. The summed E-state index contributed by atoms with van der Waals surface area (Å²) in [5.41, 5.74) is 1.25. The van der Waals surface area contributed by atoms with Crippen LogP contribution in [0.2, 0.25) is 0 Å². The van der Waals surface area contributed by atoms with E-state index in [2.05, 4.69) is 25.4 Å². The van der Waals surface area contributed by atoms with Gasteiger partial charge in [0.25, 0.3) is 0 Å². The van der Waals surface area contributed by atoms with Crippen LogP contribution in [-0.4, -0.2) is 21.3 Å². The molecule has 1 aromatic carbocycles. The number of ether oxygens (including phenoxy) is 2. The zero-order valence-electron chi connectivity index (χ0n) is 13.8. The van der Waals surface area contributed by atoms with Crippen LogP contribution >= 0.6 is 0 Å². The molecule has 1 atom stereocenters. The molecule has 1 saturated carbocycles. The largest absolute Gasteiger partial charge is 0.497 e. The van der Waals surface area contributed by atoms with Crippen molar-refractivity contribution in [2.75, 3.05) is 21.3 Å². The Bertz CT molecular complexity index is 439. The molecule has 0 saturated heterocycles. The van der Waals surface area contributed by atoms with E-state index in [1.54, 1.807) is 14.2 Å². The van der Waals surface area contributed by atoms with Crippen LogP contribution in [0.4, 0.5) is 0 Å². The second kappa shape index (κ2) is 7.69. The van der Waals surface area contributed by atoms with Crippen LogP contribution < -0.4 is 14.8 Å². The number of nitrogens with one attached hydrogen (secondary N) is 1. The molecular formula is C18H29NO2. The lowest BCUT2D eigenvalue weighted by atomic mass is 9.76. The highest BCUT2D eigenvalue weighted by Gasteiger charge is 2.28. The fourth-order valence-electron chi connectivity index (χ4n) is 3.65. The van der Waals surface area contributed by atoms with Gasteiger partial charge in [-0.1, -0.05) is 32.3 Å². The maximum atomic E-state index is 5.58. The Morgan fingerprint density at radius 1 is 1.14 bits per heavy atom. The van der Waals surface area contributed by atoms with E-state index >= 15 is 0 Å². The van der Waals surface area contributed by atoms with Gasteiger partial charge in [-0.05, 0) is 37.8 Å². The molecule has 3 heteroatoms. The quantitative estimate of drug-likeness (QED) is 0.853. The Balaban J connectivity index is 2.17. The monoisotopic (exact) mass is 291 g/mol. The van der Waals surface area contributed by atoms with Gasteiger partial charge in [0.2, 0.25) is 0 Å². The van der Waals surface area contributed by atoms with Gasteiger partial charge in [-0.25, -0.2) is 0 Å². The van der Waals surface area contributed by atoms with Gasteiger partial charge < -0.3 is 14.8 Å². The van der Waals surface area contributed by atoms with Gasteiger partial charge in [-0.3, -0.25) is 0 Å². The van der Waals surface area contributed by atoms with Crippen LogP contribution in [0, 0.1) is 11.8 Å². The molecular weight excluding hydrogens is 262 g/mol. The topological polar surface area (TPSA) is 30.5 Å². The number of hydrogen-bond acceptors (Lipinski definition) is 3. The van der Waals surface area contributed by atoms with E-state index in [0.717, 1.165) is 17.4 Å². The normalized spacial score (nSPS) is 23.6. The summed E-state index contributed by atoms with van der Waals surface area (Å²) in [7, 11) is 5.48. The first kappa shape index (κ1) is 16.2. The highest BCUT2D eigenvalue weighted by Crippen LogP contribution is 2.41. The summed E-state index contributed by atoms with van der Waals surface area (Å²) in [6, 6.07) is 6.52. The molecule has 1 fully saturated rings. The van der Waals surface area contributed by atoms with Crippen molar-refractivity contribution < 1.29 is 9.47 Å². The molecule has 0 heterocycles. The van der Waals surface area contributed by atoms with Crippen molar-refractivity contribution in [1.82, 2.24) is 5.32 Å². The zero-order chi connectivity index (χ0) is 15.2. The second-order valence-electron chi connectivity index (χ2n) is 6.06. The van der Waals surface area contributed by atoms with Crippen LogP contribution in [-0.2, 0) is 0 Å². The third kappa shape index (κ3) is 3.70. The molecule has 1 aromatic rings. The van der Waals surface area contributed by atoms with Crippen LogP contribution in [0.15, 0.2) is 18.2 Å². The Kier molecular flexibility index (Phi) is 5.92. The van der Waals surface area contributed by atoms with Crippen LogP contribution in [0.3, 0.4) is 0 Å². The van der Waals surface area contributed by atoms with E-state index in [1.165, 1.54) is 37.7 Å². The summed E-state index contributed by atoms with van der Waals surface area (Å²) >= 11 is 0. The van der Waals surface area contributed by atoms with Crippen molar-refractivity contribution >= 4 is 0 Å². The highest BCUT2D eigenvalue weighted by molar-refractivity contribution is 5.42. The summed E-state index contributed by atoms with van der Waals surface area (Å²) in [5.74, 6) is 3.39. The molecule has 0 bridgehead atoms. The molecule has 1 aliphatic rings. The molecule has 2 rings (SSSR count). The summed E-state index contributed by atoms with van der Waals surface area (Å²) in [4.78, 5) is 0. The third-order valence-corrected chi connectivity index (χ3v) is 5.03. The van der Waals surface area contributed by atoms with Gasteiger partial charge in [0.15, 0.2) is 0 Å². The van der Waals surface area contributed by atoms with E-state index in [0.29, 0.717) is 12.0 Å². The van der Waals surface area contributed by atoms with Crippen molar-refractivity contribution in [3.8, 4) is 11.5 Å². The fraction of sp³-hybridized carbons (Fsp3) is 0.667. The average Bonchev–Trinajstić information content (AvgIpc) is 2.56. The van der Waals surface area contributed by atoms with Crippen molar-refractivity contribution in [2.45, 2.75) is 45.1 Å². The lowest BCUT2D eigenvalue weighted by molar-refractivity contribution is 0.221. The molecule has 3 nitrogen and oxygen atoms in total. The predicted octanol–water partition coefficient (Wildman–Crippen LogP) is 4.18. The van der Waals surface area contributed by atoms with Gasteiger partial charge in [0, 0.05) is 17.7 Å². The summed E-state index contributed by atoms with van der Waals surface area (Å²) in [6.45, 7) is 2.31. The minimum atomic E-state index is 0.365. The van der Waals surface area contributed by atoms with E-state index in [9.17, 15) is 0 Å². The molecule has 21 heavy (non-hydrogen) atoms. The maximum Gasteiger partial charge on any atom is 0.127 e. The number of hydrogen-bond donors (Lipinski definition) is 1. The lowest BCUT2D eigenvalue weighted by Gasteiger charge is -2.34. The molecule has 118 valence electrons. The van der Waals surface area contributed by atoms with E-state index in [4.69, 9.17) is 9.47 Å². The molecule has 0 amide bonds. The van der Waals surface area contributed by atoms with Crippen molar-refractivity contribution in [2.24, 2.45) is 11.8 Å². The van der Waals surface area contributed by atoms with Crippen molar-refractivity contribution in [1.29, 1.82) is 0 Å². The van der Waals surface area contributed by atoms with E-state index in [-0.39, 0.29) is 0 Å². The fourth-order valence-corrected chi connectivity index (χ4v) is 3.65. The Morgan fingerprint density at radius 3 is 2.38 bits per heavy atom. The van der Waals surface area contributed by atoms with Crippen LogP contribution in [0.25, 0.3) is 0 Å². The Labute approximate surface area is 129 Å². The van der Waals surface area contributed by atoms with Gasteiger partial charge in [0.1, 0.15) is 11.5 Å². The lowest BCUT2D eigenvalue weighted by Crippen LogP contribution is -2.29. The molecule has 0 aliphatic heterocycles. The number of benzene rings is 1. The molecule has 0 spiro atoms. The van der Waals surface area contributed by atoms with Gasteiger partial charge in [-0.15, -0.1) is 0 Å². The smallest absolute Gasteiger partial charge is 0.127 e. The van der Waals surface area contributed by atoms with Crippen LogP contribution in [0.1, 0.15) is 50.6 Å². The standard InChI is InChI=1S/C18H29NO2/c1-5-13-6-8-14(9-7-13)18(19-2)16-11-10-15(20-3)12-17(16)21-4/h10-14,18-19H,5-9H2,1-4H3. The van der Waals surface area contributed by atoms with Crippen LogP contribution in [0.5, 0.6) is 11.5 Å². The van der Waals surface area contributed by atoms with Crippen molar-refractivity contribution in [3.63, 3.8) is 0 Å². The first-order valence-corrected chi connectivity index (χ1v) is 8.12. The summed E-state index contributed by atoms with van der Waals surface area (Å²) in [6.07, 6.45) is 6.65. The molecule has 1 aliphatic carbocycles. The molecule has 1 unspecified atom stereocenters. The second-order valence-corrected chi connectivity index (χ2v) is 6.06. The van der Waals surface area contributed by atoms with Gasteiger partial charge in [0.05, 0.1) is 14.2 Å². The Morgan fingerprint density at radius 2 is 1.86 bits per heavy atom. The van der Waals surface area contributed by atoms with Crippen molar-refractivity contribution in [3.05, 3.63) is 23.8 Å². The average molecular weight is 291 g/mol. The zero-order valence-corrected chi connectivity index (χ0v) is 13.8. The summed E-state index contributed by atoms with van der Waals surface area (Å²) < 4.78 is 10.9. The summed E-state index contributed by atoms with van der Waals surface area (Å²) in [5, 5.41) is 3.51. The number of methoxy groups -OCH3 is 2. The van der Waals surface area contributed by atoms with E-state index in [1.807, 2.05) is 12.1 Å². The van der Waals surface area contributed by atoms with Gasteiger partial charge in [-0.2, -0.15) is 0 Å². The minimum Gasteiger partial charge on any atom is -0.497 e. The van der Waals surface area contributed by atoms with Gasteiger partial charge >= 0.3 is 0 Å². The Hall–Kier alpha value is -1.22. The predicted molar refractivity (Wildman–Crippen MR) is 87.1 cm³/mol. The number of rotatable bonds is 6. The highest BCUT2D eigenvalue weighted by atomic mass is 16.5. The molecule has 0 radical (unpaired) electrons. The third-order valence-electron chi connectivity index (χ3n) is 5.03. The first-order chi connectivity index (χ1) is 10.2. The first-order valence-electron chi connectivity index (χ1n) is 8.12. The molecule has 1 N–H and O–H groups in total. The van der Waals surface area contributed by atoms with E-state index < -0.39 is 0 Å². The molecule has 0 aromatic heterocycles. The SMILES string of the molecule is CCC1CCC(C(NC)c2ccc(OC)cc2OC)CC1.